The van der Waals surface area contributed by atoms with Crippen molar-refractivity contribution in [3.05, 3.63) is 66.4 Å². The molecular weight excluding hydrogens is 408 g/mol. The molecule has 3 aromatic rings. The molecule has 0 aliphatic carbocycles. The molecule has 1 saturated heterocycles. The van der Waals surface area contributed by atoms with E-state index in [1.54, 1.807) is 7.11 Å². The Kier molecular flexibility index (Phi) is 6.39. The zero-order valence-electron chi connectivity index (χ0n) is 17.9. The predicted molar refractivity (Wildman–Crippen MR) is 120 cm³/mol. The topological polar surface area (TPSA) is 92.7 Å². The molecule has 8 heteroatoms. The molecule has 2 N–H and O–H groups in total. The first-order valence-corrected chi connectivity index (χ1v) is 10.6. The number of methoxy groups -OCH3 is 1. The van der Waals surface area contributed by atoms with Crippen LogP contribution in [0.3, 0.4) is 0 Å². The summed E-state index contributed by atoms with van der Waals surface area (Å²) in [5, 5.41) is 6.64. The highest BCUT2D eigenvalue weighted by atomic mass is 16.5. The van der Waals surface area contributed by atoms with Gasteiger partial charge in [0, 0.05) is 36.6 Å². The third kappa shape index (κ3) is 4.74. The molecular formula is C24H26N4O4. The summed E-state index contributed by atoms with van der Waals surface area (Å²) in [5.41, 5.74) is 1.95. The molecule has 0 radical (unpaired) electrons. The number of nitrogens with one attached hydrogen (secondary N) is 2. The fourth-order valence-electron chi connectivity index (χ4n) is 3.87. The van der Waals surface area contributed by atoms with Crippen LogP contribution in [0.25, 0.3) is 10.9 Å². The predicted octanol–water partition coefficient (Wildman–Crippen LogP) is 2.67. The van der Waals surface area contributed by atoms with Gasteiger partial charge >= 0.3 is 6.03 Å². The lowest BCUT2D eigenvalue weighted by atomic mass is 10.1. The SMILES string of the molecule is COc1ccc2c(ccn2CCNC(=O)CC[C@H]2NC(=O)N(Cc3ccccc3)C2=O)c1. The Hall–Kier alpha value is -3.81. The number of urea groups is 1. The number of imide groups is 1. The average Bonchev–Trinajstić information content (AvgIpc) is 3.33. The summed E-state index contributed by atoms with van der Waals surface area (Å²) in [4.78, 5) is 38.2. The lowest BCUT2D eigenvalue weighted by Gasteiger charge is -2.13. The van der Waals surface area contributed by atoms with E-state index in [1.807, 2.05) is 60.8 Å². The summed E-state index contributed by atoms with van der Waals surface area (Å²) >= 11 is 0. The van der Waals surface area contributed by atoms with Crippen LogP contribution in [0.1, 0.15) is 18.4 Å². The number of carbonyl (C=O) groups is 3. The molecule has 2 aromatic carbocycles. The Morgan fingerprint density at radius 3 is 2.72 bits per heavy atom. The van der Waals surface area contributed by atoms with Crippen molar-refractivity contribution in [1.29, 1.82) is 0 Å². The molecule has 4 rings (SSSR count). The maximum absolute atomic E-state index is 12.6. The molecule has 0 saturated carbocycles. The van der Waals surface area contributed by atoms with Crippen molar-refractivity contribution < 1.29 is 19.1 Å². The number of hydrogen-bond acceptors (Lipinski definition) is 4. The average molecular weight is 434 g/mol. The molecule has 0 unspecified atom stereocenters. The van der Waals surface area contributed by atoms with Crippen molar-refractivity contribution in [3.63, 3.8) is 0 Å². The van der Waals surface area contributed by atoms with Crippen LogP contribution in [0, 0.1) is 0 Å². The second-order valence-corrected chi connectivity index (χ2v) is 7.73. The van der Waals surface area contributed by atoms with Crippen LogP contribution in [0.15, 0.2) is 60.8 Å². The molecule has 4 amide bonds. The summed E-state index contributed by atoms with van der Waals surface area (Å²) in [6.07, 6.45) is 2.41. The highest BCUT2D eigenvalue weighted by Crippen LogP contribution is 2.21. The monoisotopic (exact) mass is 434 g/mol. The molecule has 166 valence electrons. The van der Waals surface area contributed by atoms with Crippen LogP contribution in [-0.2, 0) is 22.7 Å². The molecule has 32 heavy (non-hydrogen) atoms. The van der Waals surface area contributed by atoms with Gasteiger partial charge in [0.15, 0.2) is 0 Å². The standard InChI is InChI=1S/C24H26N4O4/c1-32-19-7-9-21-18(15-19)11-13-27(21)14-12-25-22(29)10-8-20-23(30)28(24(31)26-20)16-17-5-3-2-4-6-17/h2-7,9,11,13,15,20H,8,10,12,14,16H2,1H3,(H,25,29)(H,26,31)/t20-/m1/s1. The largest absolute Gasteiger partial charge is 0.497 e. The molecule has 0 spiro atoms. The highest BCUT2D eigenvalue weighted by molar-refractivity contribution is 6.04. The number of carbonyl (C=O) groups excluding carboxylic acids is 3. The lowest BCUT2D eigenvalue weighted by Crippen LogP contribution is -2.33. The quantitative estimate of drug-likeness (QED) is 0.507. The maximum Gasteiger partial charge on any atom is 0.325 e. The fraction of sp³-hybridized carbons (Fsp3) is 0.292. The van der Waals surface area contributed by atoms with E-state index in [2.05, 4.69) is 15.2 Å². The van der Waals surface area contributed by atoms with Gasteiger partial charge in [-0.3, -0.25) is 14.5 Å². The molecule has 2 heterocycles. The maximum atomic E-state index is 12.6. The molecule has 0 bridgehead atoms. The number of benzene rings is 2. The van der Waals surface area contributed by atoms with Crippen molar-refractivity contribution in [1.82, 2.24) is 20.1 Å². The number of ether oxygens (including phenoxy) is 1. The van der Waals surface area contributed by atoms with E-state index in [-0.39, 0.29) is 31.2 Å². The van der Waals surface area contributed by atoms with Gasteiger partial charge in [0.2, 0.25) is 5.91 Å². The molecule has 1 aliphatic heterocycles. The van der Waals surface area contributed by atoms with Gasteiger partial charge in [0.05, 0.1) is 13.7 Å². The van der Waals surface area contributed by atoms with Crippen LogP contribution in [-0.4, -0.2) is 47.0 Å². The lowest BCUT2D eigenvalue weighted by molar-refractivity contribution is -0.128. The fourth-order valence-corrected chi connectivity index (χ4v) is 3.87. The van der Waals surface area contributed by atoms with Crippen molar-refractivity contribution in [2.24, 2.45) is 0 Å². The number of rotatable bonds is 9. The number of nitrogens with zero attached hydrogens (tertiary/aromatic N) is 2. The summed E-state index contributed by atoms with van der Waals surface area (Å²) in [6, 6.07) is 16.1. The minimum atomic E-state index is -0.666. The van der Waals surface area contributed by atoms with Gasteiger partial charge in [0.25, 0.3) is 5.91 Å². The summed E-state index contributed by atoms with van der Waals surface area (Å²) in [6.45, 7) is 1.33. The van der Waals surface area contributed by atoms with Crippen LogP contribution in [0.5, 0.6) is 5.75 Å². The van der Waals surface area contributed by atoms with Gasteiger partial charge in [-0.15, -0.1) is 0 Å². The first kappa shape index (κ1) is 21.4. The molecule has 1 aromatic heterocycles. The van der Waals surface area contributed by atoms with E-state index in [4.69, 9.17) is 4.74 Å². The molecule has 1 aliphatic rings. The zero-order chi connectivity index (χ0) is 22.5. The third-order valence-electron chi connectivity index (χ3n) is 5.60. The van der Waals surface area contributed by atoms with E-state index >= 15 is 0 Å². The normalized spacial score (nSPS) is 15.8. The van der Waals surface area contributed by atoms with Gasteiger partial charge in [0.1, 0.15) is 11.8 Å². The Morgan fingerprint density at radius 2 is 1.94 bits per heavy atom. The van der Waals surface area contributed by atoms with Crippen LogP contribution in [0.4, 0.5) is 4.79 Å². The summed E-state index contributed by atoms with van der Waals surface area (Å²) < 4.78 is 7.31. The van der Waals surface area contributed by atoms with Gasteiger partial charge in [-0.05, 0) is 36.2 Å². The summed E-state index contributed by atoms with van der Waals surface area (Å²) in [7, 11) is 1.64. The Morgan fingerprint density at radius 1 is 1.12 bits per heavy atom. The van der Waals surface area contributed by atoms with Crippen LogP contribution >= 0.6 is 0 Å². The molecule has 8 nitrogen and oxygen atoms in total. The van der Waals surface area contributed by atoms with Crippen molar-refractivity contribution >= 4 is 28.7 Å². The second kappa shape index (κ2) is 9.55. The van der Waals surface area contributed by atoms with Gasteiger partial charge in [-0.1, -0.05) is 30.3 Å². The van der Waals surface area contributed by atoms with Gasteiger partial charge < -0.3 is 19.9 Å². The third-order valence-corrected chi connectivity index (χ3v) is 5.60. The number of fused-ring (bicyclic) bond motifs is 1. The Labute approximate surface area is 186 Å². The Bertz CT molecular complexity index is 1130. The van der Waals surface area contributed by atoms with E-state index in [0.717, 1.165) is 22.2 Å². The molecule has 1 atom stereocenters. The van der Waals surface area contributed by atoms with Crippen LogP contribution in [0.2, 0.25) is 0 Å². The smallest absolute Gasteiger partial charge is 0.325 e. The van der Waals surface area contributed by atoms with Crippen molar-refractivity contribution in [3.8, 4) is 5.75 Å². The van der Waals surface area contributed by atoms with E-state index in [9.17, 15) is 14.4 Å². The molecule has 1 fully saturated rings. The van der Waals surface area contributed by atoms with Crippen molar-refractivity contribution in [2.75, 3.05) is 13.7 Å². The minimum Gasteiger partial charge on any atom is -0.497 e. The van der Waals surface area contributed by atoms with Crippen LogP contribution < -0.4 is 15.4 Å². The Balaban J connectivity index is 1.23. The van der Waals surface area contributed by atoms with E-state index < -0.39 is 12.1 Å². The van der Waals surface area contributed by atoms with E-state index in [1.165, 1.54) is 4.90 Å². The number of amides is 4. The summed E-state index contributed by atoms with van der Waals surface area (Å²) in [5.74, 6) is 0.368. The first-order valence-electron chi connectivity index (χ1n) is 10.6. The number of hydrogen-bond donors (Lipinski definition) is 2. The van der Waals surface area contributed by atoms with Gasteiger partial charge in [-0.2, -0.15) is 0 Å². The van der Waals surface area contributed by atoms with E-state index in [0.29, 0.717) is 13.1 Å². The van der Waals surface area contributed by atoms with Gasteiger partial charge in [-0.25, -0.2) is 4.79 Å². The zero-order valence-corrected chi connectivity index (χ0v) is 17.9. The van der Waals surface area contributed by atoms with Crippen molar-refractivity contribution in [2.45, 2.75) is 32.0 Å². The number of aromatic nitrogens is 1. The second-order valence-electron chi connectivity index (χ2n) is 7.73. The highest BCUT2D eigenvalue weighted by Gasteiger charge is 2.37. The first-order chi connectivity index (χ1) is 15.5. The minimum absolute atomic E-state index is 0.147.